The molecule has 1 fully saturated rings. The summed E-state index contributed by atoms with van der Waals surface area (Å²) in [5.41, 5.74) is 2.03. The summed E-state index contributed by atoms with van der Waals surface area (Å²) >= 11 is 0. The van der Waals surface area contributed by atoms with E-state index in [-0.39, 0.29) is 23.2 Å². The van der Waals surface area contributed by atoms with E-state index in [9.17, 15) is 13.6 Å². The van der Waals surface area contributed by atoms with Gasteiger partial charge in [0.1, 0.15) is 11.5 Å². The van der Waals surface area contributed by atoms with Crippen LogP contribution in [0.4, 0.5) is 14.6 Å². The Morgan fingerprint density at radius 2 is 1.77 bits per heavy atom. The molecule has 0 radical (unpaired) electrons. The van der Waals surface area contributed by atoms with Gasteiger partial charge in [0.05, 0.1) is 0 Å². The van der Waals surface area contributed by atoms with E-state index in [2.05, 4.69) is 15.2 Å². The van der Waals surface area contributed by atoms with Crippen molar-refractivity contribution >= 4 is 11.7 Å². The van der Waals surface area contributed by atoms with Gasteiger partial charge in [0, 0.05) is 30.9 Å². The van der Waals surface area contributed by atoms with Gasteiger partial charge >= 0.3 is 0 Å². The number of rotatable bonds is 2. The molecule has 26 heavy (non-hydrogen) atoms. The van der Waals surface area contributed by atoms with Gasteiger partial charge in [-0.3, -0.25) is 19.8 Å². The van der Waals surface area contributed by atoms with Crippen molar-refractivity contribution in [3.8, 4) is 11.3 Å². The average Bonchev–Trinajstić information content (AvgIpc) is 3.24. The number of amides is 1. The zero-order valence-electron chi connectivity index (χ0n) is 14.2. The molecule has 1 aliphatic rings. The summed E-state index contributed by atoms with van der Waals surface area (Å²) in [5, 5.41) is 6.55. The first kappa shape index (κ1) is 17.7. The van der Waals surface area contributed by atoms with Crippen molar-refractivity contribution in [2.45, 2.75) is 19.8 Å². The first-order valence-electron chi connectivity index (χ1n) is 8.23. The normalized spacial score (nSPS) is 13.5. The van der Waals surface area contributed by atoms with Gasteiger partial charge in [-0.25, -0.2) is 8.78 Å². The summed E-state index contributed by atoms with van der Waals surface area (Å²) in [6, 6.07) is 9.77. The van der Waals surface area contributed by atoms with E-state index in [1.54, 1.807) is 36.7 Å². The molecule has 5 nitrogen and oxygen atoms in total. The van der Waals surface area contributed by atoms with Crippen LogP contribution in [0.3, 0.4) is 0 Å². The third kappa shape index (κ3) is 3.93. The molecule has 1 aliphatic heterocycles. The Bertz CT molecular complexity index is 857. The minimum atomic E-state index is -0.489. The van der Waals surface area contributed by atoms with Crippen molar-refractivity contribution in [2.75, 3.05) is 11.4 Å². The average molecular weight is 356 g/mol. The number of carbonyl (C=O) groups is 1. The highest BCUT2D eigenvalue weighted by molar-refractivity contribution is 5.95. The standard InChI is InChI=1S/C12H11FN4O.C7H7F/c13-10-11(8-3-5-14-6-4-8)15-16-12(10)17-7-1-2-9(17)18;1-6-2-4-7(8)5-3-6/h3-6H,1-2,7H2,(H,15,16);2-5H,1H3. The third-order valence-electron chi connectivity index (χ3n) is 4.00. The van der Waals surface area contributed by atoms with Gasteiger partial charge in [-0.2, -0.15) is 5.10 Å². The number of hydrogen-bond acceptors (Lipinski definition) is 3. The monoisotopic (exact) mass is 356 g/mol. The molecule has 0 spiro atoms. The first-order valence-corrected chi connectivity index (χ1v) is 8.23. The summed E-state index contributed by atoms with van der Waals surface area (Å²) in [6.07, 6.45) is 4.36. The molecule has 0 atom stereocenters. The SMILES string of the molecule is Cc1ccc(F)cc1.O=C1CCCN1c1n[nH]c(-c2ccncc2)c1F. The fourth-order valence-electron chi connectivity index (χ4n) is 2.61. The maximum Gasteiger partial charge on any atom is 0.228 e. The van der Waals surface area contributed by atoms with Gasteiger partial charge < -0.3 is 0 Å². The molecule has 1 saturated heterocycles. The van der Waals surface area contributed by atoms with Crippen molar-refractivity contribution < 1.29 is 13.6 Å². The van der Waals surface area contributed by atoms with Crippen LogP contribution in [0, 0.1) is 18.6 Å². The number of hydrogen-bond donors (Lipinski definition) is 1. The highest BCUT2D eigenvalue weighted by Gasteiger charge is 2.28. The quantitative estimate of drug-likeness (QED) is 0.758. The van der Waals surface area contributed by atoms with Crippen LogP contribution in [0.25, 0.3) is 11.3 Å². The summed E-state index contributed by atoms with van der Waals surface area (Å²) in [5.74, 6) is -0.655. The fourth-order valence-corrected chi connectivity index (χ4v) is 2.61. The molecule has 3 heterocycles. The van der Waals surface area contributed by atoms with E-state index >= 15 is 0 Å². The largest absolute Gasteiger partial charge is 0.293 e. The molecule has 7 heteroatoms. The minimum absolute atomic E-state index is 0.0818. The van der Waals surface area contributed by atoms with Crippen molar-refractivity contribution in [1.29, 1.82) is 0 Å². The molecule has 1 N–H and O–H groups in total. The Balaban J connectivity index is 0.000000206. The smallest absolute Gasteiger partial charge is 0.228 e. The van der Waals surface area contributed by atoms with E-state index in [1.165, 1.54) is 17.0 Å². The van der Waals surface area contributed by atoms with Gasteiger partial charge in [-0.15, -0.1) is 0 Å². The molecule has 2 aromatic heterocycles. The second-order valence-corrected chi connectivity index (χ2v) is 5.92. The molecule has 0 saturated carbocycles. The lowest BCUT2D eigenvalue weighted by molar-refractivity contribution is -0.117. The molecule has 1 aromatic carbocycles. The lowest BCUT2D eigenvalue weighted by atomic mass is 10.2. The highest BCUT2D eigenvalue weighted by atomic mass is 19.1. The van der Waals surface area contributed by atoms with E-state index in [1.807, 2.05) is 6.92 Å². The third-order valence-corrected chi connectivity index (χ3v) is 4.00. The molecule has 0 unspecified atom stereocenters. The molecular formula is C19H18F2N4O. The fraction of sp³-hybridized carbons (Fsp3) is 0.211. The van der Waals surface area contributed by atoms with E-state index in [0.29, 0.717) is 18.5 Å². The topological polar surface area (TPSA) is 61.9 Å². The summed E-state index contributed by atoms with van der Waals surface area (Å²) in [4.78, 5) is 16.8. The maximum absolute atomic E-state index is 14.2. The van der Waals surface area contributed by atoms with Crippen molar-refractivity contribution in [3.05, 3.63) is 66.0 Å². The lowest BCUT2D eigenvalue weighted by Gasteiger charge is -2.11. The molecule has 0 bridgehead atoms. The number of anilines is 1. The number of H-pyrrole nitrogens is 1. The number of carbonyl (C=O) groups excluding carboxylic acids is 1. The predicted molar refractivity (Wildman–Crippen MR) is 94.5 cm³/mol. The van der Waals surface area contributed by atoms with Crippen LogP contribution in [0.2, 0.25) is 0 Å². The van der Waals surface area contributed by atoms with Gasteiger partial charge in [-0.05, 0) is 37.6 Å². The maximum atomic E-state index is 14.2. The number of nitrogens with zero attached hydrogens (tertiary/aromatic N) is 3. The van der Waals surface area contributed by atoms with Crippen molar-refractivity contribution in [1.82, 2.24) is 15.2 Å². The van der Waals surface area contributed by atoms with Crippen LogP contribution in [-0.2, 0) is 4.79 Å². The Morgan fingerprint density at radius 1 is 1.08 bits per heavy atom. The van der Waals surface area contributed by atoms with E-state index in [0.717, 1.165) is 12.0 Å². The number of aromatic amines is 1. The highest BCUT2D eigenvalue weighted by Crippen LogP contribution is 2.29. The summed E-state index contributed by atoms with van der Waals surface area (Å²) in [6.45, 7) is 2.45. The Kier molecular flexibility index (Phi) is 5.36. The zero-order valence-corrected chi connectivity index (χ0v) is 14.2. The van der Waals surface area contributed by atoms with Crippen LogP contribution < -0.4 is 4.90 Å². The van der Waals surface area contributed by atoms with Crippen LogP contribution in [-0.4, -0.2) is 27.6 Å². The molecular weight excluding hydrogens is 338 g/mol. The van der Waals surface area contributed by atoms with Crippen molar-refractivity contribution in [2.24, 2.45) is 0 Å². The van der Waals surface area contributed by atoms with Gasteiger partial charge in [0.25, 0.3) is 0 Å². The number of benzene rings is 1. The van der Waals surface area contributed by atoms with Crippen molar-refractivity contribution in [3.63, 3.8) is 0 Å². The molecule has 134 valence electrons. The molecule has 0 aliphatic carbocycles. The number of pyridine rings is 1. The Labute approximate surface area is 149 Å². The number of nitrogens with one attached hydrogen (secondary N) is 1. The van der Waals surface area contributed by atoms with E-state index in [4.69, 9.17) is 0 Å². The predicted octanol–water partition coefficient (Wildman–Crippen LogP) is 3.87. The molecule has 1 amide bonds. The summed E-state index contributed by atoms with van der Waals surface area (Å²) < 4.78 is 26.3. The second-order valence-electron chi connectivity index (χ2n) is 5.92. The molecule has 4 rings (SSSR count). The number of aromatic nitrogens is 3. The minimum Gasteiger partial charge on any atom is -0.293 e. The van der Waals surface area contributed by atoms with Crippen LogP contribution in [0.15, 0.2) is 48.8 Å². The van der Waals surface area contributed by atoms with Crippen LogP contribution >= 0.6 is 0 Å². The zero-order chi connectivity index (χ0) is 18.5. The van der Waals surface area contributed by atoms with E-state index < -0.39 is 5.82 Å². The number of halogens is 2. The van der Waals surface area contributed by atoms with Gasteiger partial charge in [0.2, 0.25) is 5.91 Å². The molecule has 3 aromatic rings. The van der Waals surface area contributed by atoms with Gasteiger partial charge in [0.15, 0.2) is 11.6 Å². The van der Waals surface area contributed by atoms with Crippen LogP contribution in [0.5, 0.6) is 0 Å². The Hall–Kier alpha value is -3.09. The summed E-state index contributed by atoms with van der Waals surface area (Å²) in [7, 11) is 0. The van der Waals surface area contributed by atoms with Gasteiger partial charge in [-0.1, -0.05) is 17.7 Å². The first-order chi connectivity index (χ1) is 12.6. The lowest BCUT2D eigenvalue weighted by Crippen LogP contribution is -2.24. The second kappa shape index (κ2) is 7.86. The van der Waals surface area contributed by atoms with Crippen LogP contribution in [0.1, 0.15) is 18.4 Å². The number of aryl methyl sites for hydroxylation is 1. The Morgan fingerprint density at radius 3 is 2.35 bits per heavy atom.